The van der Waals surface area contributed by atoms with Gasteiger partial charge in [-0.2, -0.15) is 5.10 Å². The van der Waals surface area contributed by atoms with E-state index in [2.05, 4.69) is 26.3 Å². The summed E-state index contributed by atoms with van der Waals surface area (Å²) in [6, 6.07) is 3.38. The van der Waals surface area contributed by atoms with Crippen LogP contribution >= 0.6 is 15.9 Å². The van der Waals surface area contributed by atoms with Gasteiger partial charge in [-0.1, -0.05) is 6.92 Å². The summed E-state index contributed by atoms with van der Waals surface area (Å²) < 4.78 is 29.7. The predicted octanol–water partition coefficient (Wildman–Crippen LogP) is 4.20. The maximum Gasteiger partial charge on any atom is 0.126 e. The molecule has 1 atom stereocenters. The fourth-order valence-corrected chi connectivity index (χ4v) is 2.85. The van der Waals surface area contributed by atoms with Gasteiger partial charge in [-0.15, -0.1) is 0 Å². The first-order chi connectivity index (χ1) is 9.93. The van der Waals surface area contributed by atoms with Gasteiger partial charge in [0, 0.05) is 12.1 Å². The maximum atomic E-state index is 13.5. The third-order valence-corrected chi connectivity index (χ3v) is 3.79. The zero-order valence-corrected chi connectivity index (χ0v) is 13.8. The van der Waals surface area contributed by atoms with Gasteiger partial charge in [0.2, 0.25) is 0 Å². The number of nitrogens with one attached hydrogen (secondary N) is 1. The fraction of sp³-hybridized carbons (Fsp3) is 0.400. The quantitative estimate of drug-likeness (QED) is 0.868. The van der Waals surface area contributed by atoms with Crippen LogP contribution in [0.2, 0.25) is 0 Å². The lowest BCUT2D eigenvalue weighted by molar-refractivity contribution is 0.472. The van der Waals surface area contributed by atoms with Crippen molar-refractivity contribution in [3.05, 3.63) is 51.8 Å². The highest BCUT2D eigenvalue weighted by Crippen LogP contribution is 2.31. The molecule has 2 aromatic rings. The highest BCUT2D eigenvalue weighted by atomic mass is 79.9. The SMILES string of the molecule is CCNC(c1cc(F)cc(F)c1)c1c(Br)cnn1C(C)C. The minimum absolute atomic E-state index is 0.144. The highest BCUT2D eigenvalue weighted by molar-refractivity contribution is 9.10. The summed E-state index contributed by atoms with van der Waals surface area (Å²) in [7, 11) is 0. The molecule has 6 heteroatoms. The first-order valence-electron chi connectivity index (χ1n) is 6.86. The van der Waals surface area contributed by atoms with E-state index >= 15 is 0 Å². The Morgan fingerprint density at radius 3 is 2.38 bits per heavy atom. The first kappa shape index (κ1) is 16.1. The Morgan fingerprint density at radius 1 is 1.24 bits per heavy atom. The smallest absolute Gasteiger partial charge is 0.126 e. The van der Waals surface area contributed by atoms with Gasteiger partial charge >= 0.3 is 0 Å². The van der Waals surface area contributed by atoms with E-state index in [1.807, 2.05) is 25.5 Å². The number of benzene rings is 1. The number of halogens is 3. The lowest BCUT2D eigenvalue weighted by Crippen LogP contribution is -2.26. The number of hydrogen-bond donors (Lipinski definition) is 1. The Hall–Kier alpha value is -1.27. The molecule has 0 saturated heterocycles. The Balaban J connectivity index is 2.56. The summed E-state index contributed by atoms with van der Waals surface area (Å²) in [5.74, 6) is -1.17. The van der Waals surface area contributed by atoms with E-state index in [-0.39, 0.29) is 12.1 Å². The standard InChI is InChI=1S/C15H18BrF2N3/c1-4-19-14(10-5-11(17)7-12(18)6-10)15-13(16)8-20-21(15)9(2)3/h5-9,14,19H,4H2,1-3H3. The zero-order chi connectivity index (χ0) is 15.6. The molecule has 0 spiro atoms. The molecule has 3 nitrogen and oxygen atoms in total. The van der Waals surface area contributed by atoms with E-state index in [0.29, 0.717) is 12.1 Å². The van der Waals surface area contributed by atoms with Crippen LogP contribution in [0, 0.1) is 11.6 Å². The molecule has 0 aliphatic heterocycles. The van der Waals surface area contributed by atoms with Gasteiger partial charge in [0.1, 0.15) is 11.6 Å². The normalized spacial score (nSPS) is 12.9. The van der Waals surface area contributed by atoms with Gasteiger partial charge in [-0.25, -0.2) is 8.78 Å². The van der Waals surface area contributed by atoms with Crippen LogP contribution in [0.1, 0.15) is 44.1 Å². The Labute approximate surface area is 131 Å². The maximum absolute atomic E-state index is 13.5. The molecule has 0 saturated carbocycles. The number of nitrogens with zero attached hydrogens (tertiary/aromatic N) is 2. The van der Waals surface area contributed by atoms with E-state index in [9.17, 15) is 8.78 Å². The lowest BCUT2D eigenvalue weighted by Gasteiger charge is -2.22. The Kier molecular flexibility index (Phi) is 5.11. The molecule has 0 aliphatic rings. The van der Waals surface area contributed by atoms with Crippen molar-refractivity contribution >= 4 is 15.9 Å². The molecule has 0 amide bonds. The molecular formula is C15H18BrF2N3. The summed E-state index contributed by atoms with van der Waals surface area (Å²) in [6.07, 6.45) is 1.70. The molecule has 1 aromatic heterocycles. The number of aromatic nitrogens is 2. The zero-order valence-electron chi connectivity index (χ0n) is 12.2. The molecule has 0 aliphatic carbocycles. The second-order valence-corrected chi connectivity index (χ2v) is 5.96. The molecule has 0 radical (unpaired) electrons. The molecule has 1 aromatic carbocycles. The van der Waals surface area contributed by atoms with Gasteiger partial charge in [-0.3, -0.25) is 4.68 Å². The van der Waals surface area contributed by atoms with Gasteiger partial charge in [0.25, 0.3) is 0 Å². The molecular weight excluding hydrogens is 340 g/mol. The second kappa shape index (κ2) is 6.66. The van der Waals surface area contributed by atoms with E-state index in [1.54, 1.807) is 6.20 Å². The van der Waals surface area contributed by atoms with Crippen LogP contribution in [0.3, 0.4) is 0 Å². The van der Waals surface area contributed by atoms with Crippen molar-refractivity contribution in [1.82, 2.24) is 15.1 Å². The van der Waals surface area contributed by atoms with Crippen molar-refractivity contribution in [1.29, 1.82) is 0 Å². The van der Waals surface area contributed by atoms with E-state index in [4.69, 9.17) is 0 Å². The summed E-state index contributed by atoms with van der Waals surface area (Å²) in [5.41, 5.74) is 1.40. The van der Waals surface area contributed by atoms with Crippen molar-refractivity contribution in [2.45, 2.75) is 32.9 Å². The minimum atomic E-state index is -0.584. The minimum Gasteiger partial charge on any atom is -0.305 e. The molecule has 1 unspecified atom stereocenters. The van der Waals surface area contributed by atoms with Gasteiger partial charge in [0.15, 0.2) is 0 Å². The third-order valence-electron chi connectivity index (χ3n) is 3.18. The average molecular weight is 358 g/mol. The lowest BCUT2D eigenvalue weighted by atomic mass is 10.0. The van der Waals surface area contributed by atoms with Crippen molar-refractivity contribution in [2.75, 3.05) is 6.54 Å². The summed E-state index contributed by atoms with van der Waals surface area (Å²) in [6.45, 7) is 6.64. The average Bonchev–Trinajstić information content (AvgIpc) is 2.76. The molecule has 1 heterocycles. The second-order valence-electron chi connectivity index (χ2n) is 5.11. The molecule has 0 bridgehead atoms. The molecule has 2 rings (SSSR count). The largest absolute Gasteiger partial charge is 0.305 e. The first-order valence-corrected chi connectivity index (χ1v) is 7.65. The third kappa shape index (κ3) is 3.49. The van der Waals surface area contributed by atoms with Crippen LogP contribution in [0.5, 0.6) is 0 Å². The summed E-state index contributed by atoms with van der Waals surface area (Å²) in [4.78, 5) is 0. The van der Waals surface area contributed by atoms with Crippen molar-refractivity contribution < 1.29 is 8.78 Å². The summed E-state index contributed by atoms with van der Waals surface area (Å²) in [5, 5.41) is 7.60. The van der Waals surface area contributed by atoms with Gasteiger partial charge < -0.3 is 5.32 Å². The van der Waals surface area contributed by atoms with Crippen molar-refractivity contribution in [2.24, 2.45) is 0 Å². The topological polar surface area (TPSA) is 29.9 Å². The van der Waals surface area contributed by atoms with Crippen LogP contribution < -0.4 is 5.32 Å². The van der Waals surface area contributed by atoms with E-state index in [1.165, 1.54) is 12.1 Å². The number of hydrogen-bond acceptors (Lipinski definition) is 2. The van der Waals surface area contributed by atoms with E-state index in [0.717, 1.165) is 16.2 Å². The van der Waals surface area contributed by atoms with Crippen molar-refractivity contribution in [3.63, 3.8) is 0 Å². The fourth-order valence-electron chi connectivity index (χ4n) is 2.35. The highest BCUT2D eigenvalue weighted by Gasteiger charge is 2.23. The van der Waals surface area contributed by atoms with Crippen molar-refractivity contribution in [3.8, 4) is 0 Å². The predicted molar refractivity (Wildman–Crippen MR) is 82.2 cm³/mol. The van der Waals surface area contributed by atoms with Gasteiger partial charge in [-0.05, 0) is 54.0 Å². The van der Waals surface area contributed by atoms with Crippen LogP contribution in [0.15, 0.2) is 28.9 Å². The summed E-state index contributed by atoms with van der Waals surface area (Å²) >= 11 is 3.48. The Bertz CT molecular complexity index is 605. The molecule has 21 heavy (non-hydrogen) atoms. The van der Waals surface area contributed by atoms with E-state index < -0.39 is 11.6 Å². The number of rotatable bonds is 5. The van der Waals surface area contributed by atoms with Crippen LogP contribution in [0.4, 0.5) is 8.78 Å². The molecule has 114 valence electrons. The van der Waals surface area contributed by atoms with Crippen LogP contribution in [-0.2, 0) is 0 Å². The molecule has 1 N–H and O–H groups in total. The van der Waals surface area contributed by atoms with Crippen LogP contribution in [0.25, 0.3) is 0 Å². The Morgan fingerprint density at radius 2 is 1.86 bits per heavy atom. The van der Waals surface area contributed by atoms with Gasteiger partial charge in [0.05, 0.1) is 22.4 Å². The van der Waals surface area contributed by atoms with Crippen LogP contribution in [-0.4, -0.2) is 16.3 Å². The molecule has 0 fully saturated rings. The monoisotopic (exact) mass is 357 g/mol.